The summed E-state index contributed by atoms with van der Waals surface area (Å²) in [7, 11) is 1.83. The Morgan fingerprint density at radius 1 is 1.19 bits per heavy atom. The molecule has 1 aliphatic rings. The minimum atomic E-state index is 0.856. The minimum absolute atomic E-state index is 0.856. The van der Waals surface area contributed by atoms with E-state index in [1.807, 2.05) is 7.05 Å². The summed E-state index contributed by atoms with van der Waals surface area (Å²) < 4.78 is 0. The molecule has 0 atom stereocenters. The third kappa shape index (κ3) is 5.78. The van der Waals surface area contributed by atoms with Gasteiger partial charge in [0.1, 0.15) is 0 Å². The number of aromatic nitrogens is 1. The monoisotopic (exact) mass is 385 g/mol. The van der Waals surface area contributed by atoms with Crippen LogP contribution in [0.1, 0.15) is 33.1 Å². The van der Waals surface area contributed by atoms with Crippen molar-refractivity contribution in [2.24, 2.45) is 4.99 Å². The van der Waals surface area contributed by atoms with Crippen molar-refractivity contribution >= 4 is 17.3 Å². The molecule has 0 aliphatic carbocycles. The third-order valence-electron chi connectivity index (χ3n) is 5.08. The fraction of sp³-hybridized carbons (Fsp3) is 0.524. The van der Waals surface area contributed by atoms with Gasteiger partial charge >= 0.3 is 0 Å². The molecule has 2 heterocycles. The number of thiazole rings is 1. The fourth-order valence-corrected chi connectivity index (χ4v) is 4.34. The van der Waals surface area contributed by atoms with Gasteiger partial charge in [0, 0.05) is 51.1 Å². The van der Waals surface area contributed by atoms with Crippen LogP contribution in [0.5, 0.6) is 0 Å². The van der Waals surface area contributed by atoms with Gasteiger partial charge in [-0.3, -0.25) is 9.89 Å². The average Bonchev–Trinajstić information content (AvgIpc) is 3.01. The zero-order valence-corrected chi connectivity index (χ0v) is 17.5. The Labute approximate surface area is 166 Å². The molecule has 6 heteroatoms. The van der Waals surface area contributed by atoms with Gasteiger partial charge in [0.05, 0.1) is 10.7 Å². The van der Waals surface area contributed by atoms with Crippen molar-refractivity contribution in [1.82, 2.24) is 20.5 Å². The highest BCUT2D eigenvalue weighted by molar-refractivity contribution is 7.11. The number of aryl methyl sites for hydroxylation is 2. The molecule has 3 rings (SSSR count). The molecule has 0 saturated carbocycles. The van der Waals surface area contributed by atoms with Crippen LogP contribution in [-0.4, -0.2) is 49.1 Å². The Morgan fingerprint density at radius 2 is 1.96 bits per heavy atom. The molecule has 2 N–H and O–H groups in total. The highest BCUT2D eigenvalue weighted by Crippen LogP contribution is 2.18. The molecule has 1 aliphatic heterocycles. The predicted octanol–water partition coefficient (Wildman–Crippen LogP) is 2.92. The lowest BCUT2D eigenvalue weighted by Crippen LogP contribution is -2.40. The number of aliphatic imine (C=N–C) groups is 1. The second-order valence-electron chi connectivity index (χ2n) is 7.07. The number of fused-ring (bicyclic) bond motifs is 1. The molecule has 2 aromatic rings. The summed E-state index contributed by atoms with van der Waals surface area (Å²) in [5.74, 6) is 0.879. The Hall–Kier alpha value is -1.92. The van der Waals surface area contributed by atoms with Crippen molar-refractivity contribution in [3.05, 3.63) is 51.0 Å². The van der Waals surface area contributed by atoms with Gasteiger partial charge in [-0.05, 0) is 37.8 Å². The molecule has 5 nitrogen and oxygen atoms in total. The zero-order valence-electron chi connectivity index (χ0n) is 16.7. The molecule has 0 unspecified atom stereocenters. The van der Waals surface area contributed by atoms with Crippen LogP contribution in [0.15, 0.2) is 29.3 Å². The molecule has 27 heavy (non-hydrogen) atoms. The van der Waals surface area contributed by atoms with Crippen molar-refractivity contribution in [3.8, 4) is 0 Å². The Balaban J connectivity index is 1.32. The fourth-order valence-electron chi connectivity index (χ4n) is 3.41. The summed E-state index contributed by atoms with van der Waals surface area (Å²) in [4.78, 5) is 12.8. The van der Waals surface area contributed by atoms with Gasteiger partial charge < -0.3 is 10.6 Å². The summed E-state index contributed by atoms with van der Waals surface area (Å²) in [5, 5.41) is 8.01. The van der Waals surface area contributed by atoms with E-state index < -0.39 is 0 Å². The van der Waals surface area contributed by atoms with Crippen molar-refractivity contribution in [1.29, 1.82) is 0 Å². The number of hydrogen-bond donors (Lipinski definition) is 2. The maximum Gasteiger partial charge on any atom is 0.190 e. The maximum atomic E-state index is 4.59. The minimum Gasteiger partial charge on any atom is -0.356 e. The SMILES string of the molecule is CN=C(NCCCN1CCc2ccccc2C1)NCCc1nc(C)c(C)s1. The molecule has 146 valence electrons. The average molecular weight is 386 g/mol. The molecule has 0 bridgehead atoms. The van der Waals surface area contributed by atoms with E-state index in [1.54, 1.807) is 11.3 Å². The van der Waals surface area contributed by atoms with Crippen LogP contribution in [-0.2, 0) is 19.4 Å². The van der Waals surface area contributed by atoms with E-state index >= 15 is 0 Å². The van der Waals surface area contributed by atoms with E-state index in [4.69, 9.17) is 0 Å². The molecule has 0 spiro atoms. The topological polar surface area (TPSA) is 52.6 Å². The van der Waals surface area contributed by atoms with Crippen LogP contribution >= 0.6 is 11.3 Å². The van der Waals surface area contributed by atoms with Gasteiger partial charge in [-0.2, -0.15) is 0 Å². The first kappa shape index (κ1) is 19.8. The lowest BCUT2D eigenvalue weighted by Gasteiger charge is -2.28. The highest BCUT2D eigenvalue weighted by atomic mass is 32.1. The predicted molar refractivity (Wildman–Crippen MR) is 115 cm³/mol. The Bertz CT molecular complexity index is 748. The van der Waals surface area contributed by atoms with Crippen molar-refractivity contribution in [2.45, 2.75) is 39.7 Å². The lowest BCUT2D eigenvalue weighted by molar-refractivity contribution is 0.251. The zero-order chi connectivity index (χ0) is 19.1. The number of benzene rings is 1. The van der Waals surface area contributed by atoms with E-state index in [0.29, 0.717) is 0 Å². The van der Waals surface area contributed by atoms with Crippen molar-refractivity contribution in [2.75, 3.05) is 33.2 Å². The van der Waals surface area contributed by atoms with E-state index in [1.165, 1.54) is 27.4 Å². The smallest absolute Gasteiger partial charge is 0.190 e. The number of hydrogen-bond acceptors (Lipinski definition) is 4. The number of rotatable bonds is 7. The Morgan fingerprint density at radius 3 is 2.70 bits per heavy atom. The first-order valence-corrected chi connectivity index (χ1v) is 10.6. The van der Waals surface area contributed by atoms with Gasteiger partial charge in [-0.1, -0.05) is 24.3 Å². The van der Waals surface area contributed by atoms with Crippen molar-refractivity contribution < 1.29 is 0 Å². The first-order valence-electron chi connectivity index (χ1n) is 9.82. The maximum absolute atomic E-state index is 4.59. The number of nitrogens with zero attached hydrogens (tertiary/aromatic N) is 3. The third-order valence-corrected chi connectivity index (χ3v) is 6.21. The lowest BCUT2D eigenvalue weighted by atomic mass is 10.00. The van der Waals surface area contributed by atoms with E-state index in [0.717, 1.165) is 57.2 Å². The molecular weight excluding hydrogens is 354 g/mol. The quantitative estimate of drug-likeness (QED) is 0.437. The molecule has 0 saturated heterocycles. The number of nitrogens with one attached hydrogen (secondary N) is 2. The van der Waals surface area contributed by atoms with Gasteiger partial charge in [0.25, 0.3) is 0 Å². The van der Waals surface area contributed by atoms with Crippen LogP contribution < -0.4 is 10.6 Å². The largest absolute Gasteiger partial charge is 0.356 e. The molecule has 0 fully saturated rings. The van der Waals surface area contributed by atoms with Crippen LogP contribution in [0.3, 0.4) is 0 Å². The van der Waals surface area contributed by atoms with E-state index in [9.17, 15) is 0 Å². The van der Waals surface area contributed by atoms with Gasteiger partial charge in [0.15, 0.2) is 5.96 Å². The summed E-state index contributed by atoms with van der Waals surface area (Å²) >= 11 is 1.79. The van der Waals surface area contributed by atoms with Crippen molar-refractivity contribution in [3.63, 3.8) is 0 Å². The Kier molecular flexibility index (Phi) is 7.24. The summed E-state index contributed by atoms with van der Waals surface area (Å²) in [6.07, 6.45) is 3.23. The van der Waals surface area contributed by atoms with Gasteiger partial charge in [0.2, 0.25) is 0 Å². The van der Waals surface area contributed by atoms with E-state index in [-0.39, 0.29) is 0 Å². The standard InChI is InChI=1S/C21H31N5S/c1-16-17(2)27-20(25-16)9-12-24-21(22-3)23-11-6-13-26-14-10-18-7-4-5-8-19(18)15-26/h4-5,7-8H,6,9-15H2,1-3H3,(H2,22,23,24). The van der Waals surface area contributed by atoms with E-state index in [2.05, 4.69) is 63.6 Å². The summed E-state index contributed by atoms with van der Waals surface area (Å²) in [6.45, 7) is 9.36. The molecule has 0 radical (unpaired) electrons. The van der Waals surface area contributed by atoms with Gasteiger partial charge in [-0.15, -0.1) is 11.3 Å². The molecule has 1 aromatic carbocycles. The number of guanidine groups is 1. The molecule has 1 aromatic heterocycles. The second-order valence-corrected chi connectivity index (χ2v) is 8.36. The van der Waals surface area contributed by atoms with Crippen LogP contribution in [0.4, 0.5) is 0 Å². The first-order chi connectivity index (χ1) is 13.2. The van der Waals surface area contributed by atoms with Crippen LogP contribution in [0.2, 0.25) is 0 Å². The van der Waals surface area contributed by atoms with Crippen LogP contribution in [0, 0.1) is 13.8 Å². The normalized spacial score (nSPS) is 14.9. The second kappa shape index (κ2) is 9.85. The van der Waals surface area contributed by atoms with Crippen LogP contribution in [0.25, 0.3) is 0 Å². The highest BCUT2D eigenvalue weighted by Gasteiger charge is 2.14. The summed E-state index contributed by atoms with van der Waals surface area (Å²) in [6, 6.07) is 8.82. The summed E-state index contributed by atoms with van der Waals surface area (Å²) in [5.41, 5.74) is 4.15. The van der Waals surface area contributed by atoms with Gasteiger partial charge in [-0.25, -0.2) is 4.98 Å². The molecular formula is C21H31N5S. The molecule has 0 amide bonds.